The minimum Gasteiger partial charge on any atom is -0.352 e. The molecule has 0 saturated carbocycles. The van der Waals surface area contributed by atoms with E-state index in [1.54, 1.807) is 0 Å². The van der Waals surface area contributed by atoms with Gasteiger partial charge in [0.05, 0.1) is 0 Å². The minimum absolute atomic E-state index is 0.0117. The van der Waals surface area contributed by atoms with E-state index in [2.05, 4.69) is 10.6 Å². The molecule has 0 bridgehead atoms. The lowest BCUT2D eigenvalue weighted by Crippen LogP contribution is -2.30. The fourth-order valence-electron chi connectivity index (χ4n) is 1.66. The average Bonchev–Trinajstić information content (AvgIpc) is 2.33. The van der Waals surface area contributed by atoms with Crippen LogP contribution in [-0.2, 0) is 4.79 Å². The lowest BCUT2D eigenvalue weighted by Gasteiger charge is -2.07. The Kier molecular flexibility index (Phi) is 5.85. The van der Waals surface area contributed by atoms with E-state index in [4.69, 9.17) is 5.73 Å². The van der Waals surface area contributed by atoms with Crippen molar-refractivity contribution in [2.45, 2.75) is 33.1 Å². The number of urea groups is 1. The summed E-state index contributed by atoms with van der Waals surface area (Å²) in [6.45, 7) is 4.55. The number of carbonyl (C=O) groups excluding carboxylic acids is 2. The number of anilines is 1. The number of benzene rings is 1. The Morgan fingerprint density at radius 1 is 1.16 bits per heavy atom. The summed E-state index contributed by atoms with van der Waals surface area (Å²) in [6.07, 6.45) is 1.90. The zero-order valence-electron chi connectivity index (χ0n) is 11.5. The first-order valence-electron chi connectivity index (χ1n) is 6.39. The first-order valence-corrected chi connectivity index (χ1v) is 6.39. The van der Waals surface area contributed by atoms with Crippen LogP contribution in [0.1, 0.15) is 30.4 Å². The molecule has 1 aromatic rings. The quantitative estimate of drug-likeness (QED) is 0.686. The van der Waals surface area contributed by atoms with Gasteiger partial charge in [-0.25, -0.2) is 4.79 Å². The van der Waals surface area contributed by atoms with Gasteiger partial charge in [0.1, 0.15) is 0 Å². The predicted octanol–water partition coefficient (Wildman–Crippen LogP) is 2.08. The van der Waals surface area contributed by atoms with E-state index in [0.29, 0.717) is 13.0 Å². The molecule has 104 valence electrons. The standard InChI is InChI=1S/C14H21N3O2/c1-10-6-7-12(9-11(10)2)17-13(18)5-3-4-8-16-14(15)19/h6-7,9H,3-5,8H2,1-2H3,(H,17,18)(H3,15,16,19). The fraction of sp³-hybridized carbons (Fsp3) is 0.429. The van der Waals surface area contributed by atoms with Gasteiger partial charge in [-0.3, -0.25) is 4.79 Å². The highest BCUT2D eigenvalue weighted by Crippen LogP contribution is 2.14. The van der Waals surface area contributed by atoms with E-state index in [1.165, 1.54) is 5.56 Å². The molecule has 0 heterocycles. The summed E-state index contributed by atoms with van der Waals surface area (Å²) in [6, 6.07) is 5.32. The Labute approximate surface area is 113 Å². The number of rotatable bonds is 6. The highest BCUT2D eigenvalue weighted by atomic mass is 16.2. The normalized spacial score (nSPS) is 10.0. The van der Waals surface area contributed by atoms with Crippen molar-refractivity contribution in [2.24, 2.45) is 5.73 Å². The minimum atomic E-state index is -0.528. The summed E-state index contributed by atoms with van der Waals surface area (Å²) < 4.78 is 0. The van der Waals surface area contributed by atoms with Gasteiger partial charge in [-0.1, -0.05) is 6.07 Å². The monoisotopic (exact) mass is 263 g/mol. The molecule has 0 spiro atoms. The van der Waals surface area contributed by atoms with Crippen molar-refractivity contribution in [3.63, 3.8) is 0 Å². The van der Waals surface area contributed by atoms with Gasteiger partial charge in [-0.15, -0.1) is 0 Å². The van der Waals surface area contributed by atoms with Crippen LogP contribution in [0.3, 0.4) is 0 Å². The molecule has 0 radical (unpaired) electrons. The van der Waals surface area contributed by atoms with Crippen molar-refractivity contribution in [3.8, 4) is 0 Å². The third-order valence-corrected chi connectivity index (χ3v) is 2.92. The number of amides is 3. The Balaban J connectivity index is 2.27. The second-order valence-electron chi connectivity index (χ2n) is 4.60. The van der Waals surface area contributed by atoms with Crippen LogP contribution in [0.4, 0.5) is 10.5 Å². The molecule has 5 heteroatoms. The molecule has 0 aliphatic heterocycles. The van der Waals surface area contributed by atoms with Crippen LogP contribution in [0.25, 0.3) is 0 Å². The van der Waals surface area contributed by atoms with Crippen molar-refractivity contribution in [1.82, 2.24) is 5.32 Å². The van der Waals surface area contributed by atoms with Crippen molar-refractivity contribution in [3.05, 3.63) is 29.3 Å². The van der Waals surface area contributed by atoms with E-state index in [-0.39, 0.29) is 5.91 Å². The summed E-state index contributed by atoms with van der Waals surface area (Å²) in [5, 5.41) is 5.35. The van der Waals surface area contributed by atoms with Crippen LogP contribution >= 0.6 is 0 Å². The number of carbonyl (C=O) groups is 2. The summed E-state index contributed by atoms with van der Waals surface area (Å²) in [5.41, 5.74) is 8.12. The zero-order valence-corrected chi connectivity index (χ0v) is 11.5. The molecule has 1 rings (SSSR count). The van der Waals surface area contributed by atoms with E-state index in [0.717, 1.165) is 24.1 Å². The second-order valence-corrected chi connectivity index (χ2v) is 4.60. The molecule has 0 aliphatic rings. The first kappa shape index (κ1) is 15.0. The van der Waals surface area contributed by atoms with Gasteiger partial charge in [-0.2, -0.15) is 0 Å². The van der Waals surface area contributed by atoms with Gasteiger partial charge < -0.3 is 16.4 Å². The van der Waals surface area contributed by atoms with Crippen LogP contribution in [0, 0.1) is 13.8 Å². The number of nitrogens with two attached hydrogens (primary N) is 1. The molecule has 0 aliphatic carbocycles. The highest BCUT2D eigenvalue weighted by molar-refractivity contribution is 5.90. The first-order chi connectivity index (χ1) is 8.99. The van der Waals surface area contributed by atoms with Crippen molar-refractivity contribution >= 4 is 17.6 Å². The van der Waals surface area contributed by atoms with Gasteiger partial charge in [0.15, 0.2) is 0 Å². The van der Waals surface area contributed by atoms with Gasteiger partial charge in [0.2, 0.25) is 5.91 Å². The number of aryl methyl sites for hydroxylation is 2. The number of hydrogen-bond donors (Lipinski definition) is 3. The Morgan fingerprint density at radius 3 is 2.53 bits per heavy atom. The molecule has 4 N–H and O–H groups in total. The molecular formula is C14H21N3O2. The molecule has 0 unspecified atom stereocenters. The van der Waals surface area contributed by atoms with Crippen LogP contribution < -0.4 is 16.4 Å². The van der Waals surface area contributed by atoms with E-state index in [1.807, 2.05) is 32.0 Å². The maximum absolute atomic E-state index is 11.7. The summed E-state index contributed by atoms with van der Waals surface area (Å²) >= 11 is 0. The third-order valence-electron chi connectivity index (χ3n) is 2.92. The Hall–Kier alpha value is -2.04. The van der Waals surface area contributed by atoms with Crippen molar-refractivity contribution in [2.75, 3.05) is 11.9 Å². The van der Waals surface area contributed by atoms with Crippen LogP contribution in [-0.4, -0.2) is 18.5 Å². The van der Waals surface area contributed by atoms with E-state index in [9.17, 15) is 9.59 Å². The van der Waals surface area contributed by atoms with Gasteiger partial charge in [0.25, 0.3) is 0 Å². The van der Waals surface area contributed by atoms with Gasteiger partial charge in [-0.05, 0) is 49.9 Å². The van der Waals surface area contributed by atoms with Crippen molar-refractivity contribution in [1.29, 1.82) is 0 Å². The third kappa shape index (κ3) is 5.90. The van der Waals surface area contributed by atoms with E-state index >= 15 is 0 Å². The second kappa shape index (κ2) is 7.41. The van der Waals surface area contributed by atoms with Crippen LogP contribution in [0.5, 0.6) is 0 Å². The smallest absolute Gasteiger partial charge is 0.312 e. The summed E-state index contributed by atoms with van der Waals surface area (Å²) in [5.74, 6) is -0.0117. The Morgan fingerprint density at radius 2 is 1.89 bits per heavy atom. The summed E-state index contributed by atoms with van der Waals surface area (Å²) in [7, 11) is 0. The highest BCUT2D eigenvalue weighted by Gasteiger charge is 2.03. The van der Waals surface area contributed by atoms with Crippen LogP contribution in [0.2, 0.25) is 0 Å². The molecular weight excluding hydrogens is 242 g/mol. The number of nitrogens with one attached hydrogen (secondary N) is 2. The number of hydrogen-bond acceptors (Lipinski definition) is 2. The maximum atomic E-state index is 11.7. The molecule has 3 amide bonds. The molecule has 1 aromatic carbocycles. The molecule has 5 nitrogen and oxygen atoms in total. The SMILES string of the molecule is Cc1ccc(NC(=O)CCCCNC(N)=O)cc1C. The lowest BCUT2D eigenvalue weighted by molar-refractivity contribution is -0.116. The molecule has 0 fully saturated rings. The fourth-order valence-corrected chi connectivity index (χ4v) is 1.66. The largest absolute Gasteiger partial charge is 0.352 e. The lowest BCUT2D eigenvalue weighted by atomic mass is 10.1. The Bertz CT molecular complexity index is 458. The predicted molar refractivity (Wildman–Crippen MR) is 76.0 cm³/mol. The molecule has 19 heavy (non-hydrogen) atoms. The molecule has 0 atom stereocenters. The summed E-state index contributed by atoms with van der Waals surface area (Å²) in [4.78, 5) is 22.1. The van der Waals surface area contributed by atoms with Crippen molar-refractivity contribution < 1.29 is 9.59 Å². The molecule has 0 saturated heterocycles. The van der Waals surface area contributed by atoms with E-state index < -0.39 is 6.03 Å². The van der Waals surface area contributed by atoms with Gasteiger partial charge >= 0.3 is 6.03 Å². The molecule has 0 aromatic heterocycles. The number of unbranched alkanes of at least 4 members (excludes halogenated alkanes) is 1. The number of primary amides is 1. The maximum Gasteiger partial charge on any atom is 0.312 e. The average molecular weight is 263 g/mol. The topological polar surface area (TPSA) is 84.2 Å². The van der Waals surface area contributed by atoms with Gasteiger partial charge in [0, 0.05) is 18.7 Å². The zero-order chi connectivity index (χ0) is 14.3. The van der Waals surface area contributed by atoms with Crippen LogP contribution in [0.15, 0.2) is 18.2 Å².